The summed E-state index contributed by atoms with van der Waals surface area (Å²) in [5.41, 5.74) is 6.99. The molecule has 0 unspecified atom stereocenters. The molecule has 0 saturated heterocycles. The van der Waals surface area contributed by atoms with Gasteiger partial charge < -0.3 is 16.4 Å². The zero-order valence-electron chi connectivity index (χ0n) is 11.5. The summed E-state index contributed by atoms with van der Waals surface area (Å²) in [5, 5.41) is 5.86. The van der Waals surface area contributed by atoms with Gasteiger partial charge >= 0.3 is 6.03 Å². The fourth-order valence-electron chi connectivity index (χ4n) is 1.67. The number of halogens is 1. The third kappa shape index (κ3) is 4.64. The molecule has 0 aliphatic heterocycles. The highest BCUT2D eigenvalue weighted by molar-refractivity contribution is 6.30. The monoisotopic (exact) mass is 315 g/mol. The third-order valence-corrected chi connectivity index (χ3v) is 3.04. The van der Waals surface area contributed by atoms with E-state index in [1.54, 1.807) is 42.5 Å². The first-order valence-corrected chi connectivity index (χ1v) is 6.82. The minimum absolute atomic E-state index is 0.383. The Morgan fingerprint density at radius 2 is 1.64 bits per heavy atom. The minimum Gasteiger partial charge on any atom is -0.366 e. The zero-order valence-corrected chi connectivity index (χ0v) is 12.3. The molecule has 2 aromatic carbocycles. The Kier molecular flexibility index (Phi) is 5.16. The number of hydrogen-bond acceptors (Lipinski definition) is 2. The molecule has 0 heterocycles. The van der Waals surface area contributed by atoms with Crippen LogP contribution >= 0.6 is 11.6 Å². The summed E-state index contributed by atoms with van der Waals surface area (Å²) >= 11 is 5.78. The van der Waals surface area contributed by atoms with Crippen molar-refractivity contribution in [2.75, 3.05) is 5.32 Å². The van der Waals surface area contributed by atoms with Crippen LogP contribution in [0.4, 0.5) is 10.5 Å². The summed E-state index contributed by atoms with van der Waals surface area (Å²) in [4.78, 5) is 22.6. The van der Waals surface area contributed by atoms with Crippen molar-refractivity contribution in [3.8, 4) is 0 Å². The second-order valence-corrected chi connectivity index (χ2v) is 4.86. The molecule has 0 atom stereocenters. The fourth-order valence-corrected chi connectivity index (χ4v) is 1.80. The maximum Gasteiger partial charge on any atom is 0.323 e. The van der Waals surface area contributed by atoms with Crippen LogP contribution < -0.4 is 16.4 Å². The van der Waals surface area contributed by atoms with Gasteiger partial charge in [-0.05, 0) is 48.0 Å². The lowest BCUT2D eigenvalue weighted by Crippen LogP contribution is -2.23. The fraction of sp³-hybridized carbons (Fsp3) is 0. The van der Waals surface area contributed by atoms with Gasteiger partial charge in [-0.1, -0.05) is 23.7 Å². The first-order valence-electron chi connectivity index (χ1n) is 6.44. The number of hydrogen-bond donors (Lipinski definition) is 3. The predicted molar refractivity (Wildman–Crippen MR) is 87.6 cm³/mol. The van der Waals surface area contributed by atoms with E-state index in [4.69, 9.17) is 17.3 Å². The van der Waals surface area contributed by atoms with Crippen molar-refractivity contribution in [2.24, 2.45) is 5.73 Å². The Balaban J connectivity index is 1.87. The molecule has 5 nitrogen and oxygen atoms in total. The number of anilines is 1. The molecule has 2 rings (SSSR count). The molecule has 112 valence electrons. The lowest BCUT2D eigenvalue weighted by molar-refractivity contribution is 0.100. The van der Waals surface area contributed by atoms with Gasteiger partial charge in [0, 0.05) is 22.5 Å². The van der Waals surface area contributed by atoms with Gasteiger partial charge in [0.05, 0.1) is 0 Å². The normalized spacial score (nSPS) is 10.4. The van der Waals surface area contributed by atoms with Crippen molar-refractivity contribution in [2.45, 2.75) is 0 Å². The van der Waals surface area contributed by atoms with Crippen molar-refractivity contribution in [1.82, 2.24) is 5.32 Å². The molecule has 0 radical (unpaired) electrons. The molecule has 6 heteroatoms. The maximum absolute atomic E-state index is 11.7. The summed E-state index contributed by atoms with van der Waals surface area (Å²) in [6.07, 6.45) is 3.27. The Morgan fingerprint density at radius 3 is 2.23 bits per heavy atom. The van der Waals surface area contributed by atoms with Crippen molar-refractivity contribution in [1.29, 1.82) is 0 Å². The standard InChI is InChI=1S/C16H14ClN3O2/c17-13-5-1-11(2-6-13)9-10-19-16(22)20-14-7-3-12(4-8-14)15(18)21/h1-10H,(H2,18,21)(H2,19,20,22)/b10-9+. The highest BCUT2D eigenvalue weighted by Gasteiger charge is 2.02. The maximum atomic E-state index is 11.7. The minimum atomic E-state index is -0.512. The number of urea groups is 1. The molecule has 22 heavy (non-hydrogen) atoms. The van der Waals surface area contributed by atoms with Crippen LogP contribution in [-0.4, -0.2) is 11.9 Å². The predicted octanol–water partition coefficient (Wildman–Crippen LogP) is 3.23. The highest BCUT2D eigenvalue weighted by atomic mass is 35.5. The van der Waals surface area contributed by atoms with Gasteiger partial charge in [0.15, 0.2) is 0 Å². The molecule has 0 aliphatic rings. The summed E-state index contributed by atoms with van der Waals surface area (Å²) < 4.78 is 0. The van der Waals surface area contributed by atoms with Gasteiger partial charge in [0.1, 0.15) is 0 Å². The van der Waals surface area contributed by atoms with Gasteiger partial charge in [0.25, 0.3) is 0 Å². The van der Waals surface area contributed by atoms with Crippen LogP contribution in [0.15, 0.2) is 54.7 Å². The van der Waals surface area contributed by atoms with E-state index in [-0.39, 0.29) is 0 Å². The number of primary amides is 1. The van der Waals surface area contributed by atoms with E-state index >= 15 is 0 Å². The van der Waals surface area contributed by atoms with E-state index in [0.29, 0.717) is 16.3 Å². The average Bonchev–Trinajstić information content (AvgIpc) is 2.50. The molecule has 0 spiro atoms. The Hall–Kier alpha value is -2.79. The van der Waals surface area contributed by atoms with Gasteiger partial charge in [-0.25, -0.2) is 4.79 Å². The van der Waals surface area contributed by atoms with Gasteiger partial charge in [0.2, 0.25) is 5.91 Å². The van der Waals surface area contributed by atoms with Gasteiger partial charge in [-0.2, -0.15) is 0 Å². The summed E-state index contributed by atoms with van der Waals surface area (Å²) in [6, 6.07) is 13.1. The molecule has 0 aromatic heterocycles. The molecule has 0 aliphatic carbocycles. The molecule has 2 aromatic rings. The van der Waals surface area contributed by atoms with Crippen molar-refractivity contribution in [3.05, 3.63) is 70.9 Å². The van der Waals surface area contributed by atoms with Crippen LogP contribution in [0.5, 0.6) is 0 Å². The Bertz CT molecular complexity index is 694. The van der Waals surface area contributed by atoms with E-state index < -0.39 is 11.9 Å². The van der Waals surface area contributed by atoms with Crippen LogP contribution in [0, 0.1) is 0 Å². The average molecular weight is 316 g/mol. The lowest BCUT2D eigenvalue weighted by Gasteiger charge is -2.05. The van der Waals surface area contributed by atoms with Crippen molar-refractivity contribution < 1.29 is 9.59 Å². The lowest BCUT2D eigenvalue weighted by atomic mass is 10.2. The smallest absolute Gasteiger partial charge is 0.323 e. The van der Waals surface area contributed by atoms with Crippen LogP contribution in [0.2, 0.25) is 5.02 Å². The zero-order chi connectivity index (χ0) is 15.9. The highest BCUT2D eigenvalue weighted by Crippen LogP contribution is 2.11. The SMILES string of the molecule is NC(=O)c1ccc(NC(=O)N/C=C/c2ccc(Cl)cc2)cc1. The Labute approximate surface area is 132 Å². The first kappa shape index (κ1) is 15.6. The van der Waals surface area contributed by atoms with Gasteiger partial charge in [-0.3, -0.25) is 4.79 Å². The second-order valence-electron chi connectivity index (χ2n) is 4.42. The van der Waals surface area contributed by atoms with Crippen LogP contribution in [0.3, 0.4) is 0 Å². The molecular weight excluding hydrogens is 302 g/mol. The molecule has 4 N–H and O–H groups in total. The number of amides is 3. The van der Waals surface area contributed by atoms with E-state index in [1.807, 2.05) is 12.1 Å². The number of nitrogens with one attached hydrogen (secondary N) is 2. The number of rotatable bonds is 4. The molecule has 0 saturated carbocycles. The second kappa shape index (κ2) is 7.28. The number of nitrogens with two attached hydrogens (primary N) is 1. The summed E-state index contributed by atoms with van der Waals surface area (Å²) in [5.74, 6) is -0.512. The van der Waals surface area contributed by atoms with Crippen LogP contribution in [0.25, 0.3) is 6.08 Å². The third-order valence-electron chi connectivity index (χ3n) is 2.79. The van der Waals surface area contributed by atoms with Gasteiger partial charge in [-0.15, -0.1) is 0 Å². The largest absolute Gasteiger partial charge is 0.366 e. The Morgan fingerprint density at radius 1 is 1.00 bits per heavy atom. The van der Waals surface area contributed by atoms with E-state index in [1.165, 1.54) is 6.20 Å². The molecule has 0 bridgehead atoms. The summed E-state index contributed by atoms with van der Waals surface area (Å²) in [7, 11) is 0. The quantitative estimate of drug-likeness (QED) is 0.809. The number of carbonyl (C=O) groups is 2. The van der Waals surface area contributed by atoms with E-state index in [9.17, 15) is 9.59 Å². The molecular formula is C16H14ClN3O2. The van der Waals surface area contributed by atoms with Crippen molar-refractivity contribution in [3.63, 3.8) is 0 Å². The topological polar surface area (TPSA) is 84.2 Å². The van der Waals surface area contributed by atoms with Crippen LogP contribution in [0.1, 0.15) is 15.9 Å². The summed E-state index contributed by atoms with van der Waals surface area (Å²) in [6.45, 7) is 0. The molecule has 3 amide bonds. The van der Waals surface area contributed by atoms with E-state index in [2.05, 4.69) is 10.6 Å². The van der Waals surface area contributed by atoms with E-state index in [0.717, 1.165) is 5.56 Å². The number of benzene rings is 2. The first-order chi connectivity index (χ1) is 10.5. The number of carbonyl (C=O) groups excluding carboxylic acids is 2. The van der Waals surface area contributed by atoms with Crippen LogP contribution in [-0.2, 0) is 0 Å². The molecule has 0 fully saturated rings. The van der Waals surface area contributed by atoms with Crippen molar-refractivity contribution >= 4 is 35.3 Å².